The molecule has 0 unspecified atom stereocenters. The minimum Gasteiger partial charge on any atom is -0.264 e. The maximum Gasteiger partial charge on any atom is 0.397 e. The third-order valence-electron chi connectivity index (χ3n) is 13.4. The largest absolute Gasteiger partial charge is 0.397 e. The van der Waals surface area contributed by atoms with Gasteiger partial charge in [-0.1, -0.05) is 60.1 Å². The van der Waals surface area contributed by atoms with Crippen LogP contribution in [-0.4, -0.2) is 57.2 Å². The Hall–Kier alpha value is -0.650. The lowest BCUT2D eigenvalue weighted by Crippen LogP contribution is -2.62. The summed E-state index contributed by atoms with van der Waals surface area (Å²) in [5.74, 6) is 0.836. The van der Waals surface area contributed by atoms with Crippen molar-refractivity contribution >= 4 is 31.2 Å². The monoisotopic (exact) mass is 714 g/mol. The zero-order chi connectivity index (χ0) is 34.8. The van der Waals surface area contributed by atoms with Crippen LogP contribution < -0.4 is 0 Å². The van der Waals surface area contributed by atoms with Gasteiger partial charge in [0.1, 0.15) is 12.2 Å². The van der Waals surface area contributed by atoms with Crippen LogP contribution in [0.25, 0.3) is 0 Å². The van der Waals surface area contributed by atoms with E-state index in [9.17, 15) is 38.9 Å². The van der Waals surface area contributed by atoms with Gasteiger partial charge in [0.05, 0.1) is 6.10 Å². The predicted molar refractivity (Wildman–Crippen MR) is 171 cm³/mol. The maximum absolute atomic E-state index is 12.1. The Morgan fingerprint density at radius 2 is 1.30 bits per heavy atom. The van der Waals surface area contributed by atoms with E-state index in [1.807, 2.05) is 6.92 Å². The highest BCUT2D eigenvalue weighted by molar-refractivity contribution is 7.81. The van der Waals surface area contributed by atoms with Crippen LogP contribution in [0.5, 0.6) is 0 Å². The number of rotatable bonds is 11. The van der Waals surface area contributed by atoms with Gasteiger partial charge in [-0.3, -0.25) is 13.7 Å². The molecule has 15 heteroatoms. The molecule has 0 aliphatic heterocycles. The Morgan fingerprint density at radius 3 is 1.85 bits per heavy atom. The van der Waals surface area contributed by atoms with Crippen LogP contribution in [0.1, 0.15) is 107 Å². The molecule has 0 aromatic carbocycles. The molecule has 0 saturated heterocycles. The van der Waals surface area contributed by atoms with Crippen molar-refractivity contribution in [2.24, 2.45) is 57.7 Å². The zero-order valence-electron chi connectivity index (χ0n) is 28.2. The van der Waals surface area contributed by atoms with Gasteiger partial charge in [-0.05, 0) is 116 Å². The molecule has 4 aliphatic carbocycles. The number of hydrogen-bond donors (Lipinski definition) is 3. The van der Waals surface area contributed by atoms with Gasteiger partial charge >= 0.3 is 31.2 Å². The van der Waals surface area contributed by atoms with Gasteiger partial charge in [0.15, 0.2) is 0 Å². The van der Waals surface area contributed by atoms with Crippen LogP contribution >= 0.6 is 0 Å². The second-order valence-corrected chi connectivity index (χ2v) is 19.2. The van der Waals surface area contributed by atoms with Crippen LogP contribution in [0.15, 0.2) is 11.6 Å². The average Bonchev–Trinajstić information content (AvgIpc) is 3.22. The molecule has 0 spiro atoms. The average molecular weight is 715 g/mol. The molecule has 0 amide bonds. The van der Waals surface area contributed by atoms with Gasteiger partial charge in [-0.2, -0.15) is 25.3 Å². The summed E-state index contributed by atoms with van der Waals surface area (Å²) in [5.41, 5.74) is 0.611. The minimum atomic E-state index is -5.07. The van der Waals surface area contributed by atoms with Crippen molar-refractivity contribution in [2.45, 2.75) is 125 Å². The van der Waals surface area contributed by atoms with Crippen molar-refractivity contribution in [2.75, 3.05) is 0 Å². The van der Waals surface area contributed by atoms with Crippen molar-refractivity contribution in [3.05, 3.63) is 11.6 Å². The van der Waals surface area contributed by atoms with Gasteiger partial charge in [0.25, 0.3) is 0 Å². The topological polar surface area (TPSA) is 191 Å². The van der Waals surface area contributed by atoms with Gasteiger partial charge < -0.3 is 0 Å². The molecule has 11 atom stereocenters. The van der Waals surface area contributed by atoms with E-state index in [0.29, 0.717) is 24.2 Å². The molecule has 4 fully saturated rings. The Labute approximate surface area is 276 Å². The van der Waals surface area contributed by atoms with E-state index in [1.165, 1.54) is 5.57 Å². The first kappa shape index (κ1) is 38.2. The fraction of sp³-hybridized carbons (Fsp3) is 0.935. The highest BCUT2D eigenvalue weighted by Crippen LogP contribution is 2.69. The first-order valence-electron chi connectivity index (χ1n) is 16.4. The van der Waals surface area contributed by atoms with Gasteiger partial charge in [-0.25, -0.2) is 12.5 Å². The molecule has 0 aromatic rings. The third kappa shape index (κ3) is 7.88. The highest BCUT2D eigenvalue weighted by Gasteiger charge is 2.65. The molecule has 4 saturated carbocycles. The third-order valence-corrected chi connectivity index (χ3v) is 14.8. The summed E-state index contributed by atoms with van der Waals surface area (Å²) in [4.78, 5) is 0. The smallest absolute Gasteiger partial charge is 0.264 e. The molecular formula is C31H54O12S3. The summed E-state index contributed by atoms with van der Waals surface area (Å²) in [5, 5.41) is 0. The van der Waals surface area contributed by atoms with E-state index in [0.717, 1.165) is 32.1 Å². The first-order valence-corrected chi connectivity index (χ1v) is 20.5. The number of allylic oxidation sites excluding steroid dienone is 2. The van der Waals surface area contributed by atoms with Crippen LogP contribution in [-0.2, 0) is 43.7 Å². The summed E-state index contributed by atoms with van der Waals surface area (Å²) in [6.45, 7) is 17.8. The summed E-state index contributed by atoms with van der Waals surface area (Å²) >= 11 is 0. The molecule has 0 aromatic heterocycles. The standard InChI is InChI=1S/C31H54O12S3/c1-18(2)29(5,6)20(4)10-9-19(3)22-11-12-23-21-15-26(41-44(32,33)34)25-16-27(42-45(35,36)37)28(43-46(38,39)40)17-31(25,8)24(21)13-14-30(22,23)7/h10,18-19,21-28H,9,11-17H2,1-8H3,(H,32,33,34)(H,35,36,37)(H,38,39,40)/b20-10+/t19-,21+,22-,23+,24+,25-,26+,27+,28+,30-,31-/m1/s1. The Kier molecular flexibility index (Phi) is 10.7. The second kappa shape index (κ2) is 12.9. The number of hydrogen-bond acceptors (Lipinski definition) is 9. The normalized spacial score (nSPS) is 39.9. The van der Waals surface area contributed by atoms with E-state index in [-0.39, 0.29) is 41.4 Å². The lowest BCUT2D eigenvalue weighted by Gasteiger charge is -2.63. The molecule has 0 heterocycles. The fourth-order valence-corrected chi connectivity index (χ4v) is 11.8. The fourth-order valence-electron chi connectivity index (χ4n) is 10.3. The maximum atomic E-state index is 12.1. The van der Waals surface area contributed by atoms with Crippen molar-refractivity contribution in [3.63, 3.8) is 0 Å². The van der Waals surface area contributed by atoms with Crippen LogP contribution in [0.3, 0.4) is 0 Å². The Balaban J connectivity index is 1.67. The van der Waals surface area contributed by atoms with Crippen LogP contribution in [0, 0.1) is 57.7 Å². The van der Waals surface area contributed by atoms with E-state index >= 15 is 0 Å². The Morgan fingerprint density at radius 1 is 0.783 bits per heavy atom. The summed E-state index contributed by atoms with van der Waals surface area (Å²) in [7, 11) is -15.0. The van der Waals surface area contributed by atoms with Gasteiger partial charge in [0, 0.05) is 0 Å². The van der Waals surface area contributed by atoms with E-state index in [2.05, 4.69) is 54.5 Å². The van der Waals surface area contributed by atoms with E-state index in [1.54, 1.807) is 0 Å². The molecule has 12 nitrogen and oxygen atoms in total. The highest BCUT2D eigenvalue weighted by atomic mass is 32.3. The lowest BCUT2D eigenvalue weighted by molar-refractivity contribution is -0.183. The van der Waals surface area contributed by atoms with Gasteiger partial charge in [-0.15, -0.1) is 0 Å². The molecular weight excluding hydrogens is 661 g/mol. The van der Waals surface area contributed by atoms with Crippen molar-refractivity contribution in [1.82, 2.24) is 0 Å². The second-order valence-electron chi connectivity index (χ2n) is 16.1. The molecule has 3 N–H and O–H groups in total. The van der Waals surface area contributed by atoms with Crippen LogP contribution in [0.2, 0.25) is 0 Å². The van der Waals surface area contributed by atoms with Crippen molar-refractivity contribution < 1.29 is 51.5 Å². The minimum absolute atomic E-state index is 0.0217. The summed E-state index contributed by atoms with van der Waals surface area (Å²) < 4.78 is 115. The molecule has 4 aliphatic rings. The molecule has 46 heavy (non-hydrogen) atoms. The summed E-state index contributed by atoms with van der Waals surface area (Å²) in [6.07, 6.45) is 2.85. The SMILES string of the molecule is C/C(=C\C[C@@H](C)[C@H]1CC[C@H]2[C@@H]3C[C@H](OS(=O)(=O)O)[C@H]4C[C@H](OS(=O)(=O)O)[C@@H](OS(=O)(=O)O)C[C@]4(C)[C@H]3CC[C@]12C)C(C)(C)C(C)C. The summed E-state index contributed by atoms with van der Waals surface area (Å²) in [6, 6.07) is 0. The molecule has 4 rings (SSSR count). The number of fused-ring (bicyclic) bond motifs is 5. The van der Waals surface area contributed by atoms with Crippen molar-refractivity contribution in [1.29, 1.82) is 0 Å². The zero-order valence-corrected chi connectivity index (χ0v) is 30.7. The quantitative estimate of drug-likeness (QED) is 0.165. The van der Waals surface area contributed by atoms with Crippen molar-refractivity contribution in [3.8, 4) is 0 Å². The molecule has 0 radical (unpaired) electrons. The van der Waals surface area contributed by atoms with E-state index < -0.39 is 60.8 Å². The molecule has 268 valence electrons. The lowest BCUT2D eigenvalue weighted by atomic mass is 9.43. The van der Waals surface area contributed by atoms with E-state index in [4.69, 9.17) is 12.5 Å². The molecule has 0 bridgehead atoms. The Bertz CT molecular complexity index is 1490. The van der Waals surface area contributed by atoms with Gasteiger partial charge in [0.2, 0.25) is 0 Å². The van der Waals surface area contributed by atoms with Crippen LogP contribution in [0.4, 0.5) is 0 Å². The predicted octanol–water partition coefficient (Wildman–Crippen LogP) is 6.08. The first-order chi connectivity index (χ1) is 20.8.